The highest BCUT2D eigenvalue weighted by Crippen LogP contribution is 2.14. The first-order valence-corrected chi connectivity index (χ1v) is 7.07. The van der Waals surface area contributed by atoms with Crippen molar-refractivity contribution in [1.82, 2.24) is 14.8 Å². The topological polar surface area (TPSA) is 48.5 Å². The molecular weight excluding hydrogens is 252 g/mol. The summed E-state index contributed by atoms with van der Waals surface area (Å²) in [5, 5.41) is 3.34. The molecule has 1 amide bonds. The van der Waals surface area contributed by atoms with Gasteiger partial charge in [0.1, 0.15) is 5.69 Å². The maximum Gasteiger partial charge on any atom is 0.272 e. The molecular formula is C15H24N4O. The second kappa shape index (κ2) is 5.79. The average molecular weight is 276 g/mol. The number of likely N-dealkylation sites (N-methyl/N-ethyl adjacent to an activating group) is 1. The summed E-state index contributed by atoms with van der Waals surface area (Å²) >= 11 is 0. The van der Waals surface area contributed by atoms with Crippen LogP contribution in [0.25, 0.3) is 0 Å². The van der Waals surface area contributed by atoms with E-state index in [4.69, 9.17) is 0 Å². The van der Waals surface area contributed by atoms with E-state index in [9.17, 15) is 4.79 Å². The van der Waals surface area contributed by atoms with Gasteiger partial charge in [0, 0.05) is 31.7 Å². The van der Waals surface area contributed by atoms with Crippen molar-refractivity contribution in [3.63, 3.8) is 0 Å². The summed E-state index contributed by atoms with van der Waals surface area (Å²) in [5.74, 6) is 0.0282. The van der Waals surface area contributed by atoms with Gasteiger partial charge in [0.15, 0.2) is 0 Å². The standard InChI is InChI=1S/C15H24N4O/c1-15(2,3)17-12-5-6-13(16-11-12)14(20)19-9-7-18(4)8-10-19/h5-6,11,17H,7-10H2,1-4H3. The van der Waals surface area contributed by atoms with E-state index in [1.807, 2.05) is 11.0 Å². The SMILES string of the molecule is CN1CCN(C(=O)c2ccc(NC(C)(C)C)cn2)CC1. The van der Waals surface area contributed by atoms with Crippen molar-refractivity contribution in [2.75, 3.05) is 38.5 Å². The number of nitrogens with one attached hydrogen (secondary N) is 1. The lowest BCUT2D eigenvalue weighted by Crippen LogP contribution is -2.47. The van der Waals surface area contributed by atoms with Crippen LogP contribution in [-0.4, -0.2) is 59.5 Å². The number of aromatic nitrogens is 1. The number of anilines is 1. The quantitative estimate of drug-likeness (QED) is 0.893. The van der Waals surface area contributed by atoms with Crippen LogP contribution in [0.2, 0.25) is 0 Å². The molecule has 20 heavy (non-hydrogen) atoms. The van der Waals surface area contributed by atoms with E-state index in [2.05, 4.69) is 43.0 Å². The normalized spacial score (nSPS) is 17.1. The van der Waals surface area contributed by atoms with Gasteiger partial charge in [0.05, 0.1) is 11.9 Å². The largest absolute Gasteiger partial charge is 0.379 e. The van der Waals surface area contributed by atoms with Crippen LogP contribution >= 0.6 is 0 Å². The van der Waals surface area contributed by atoms with Crippen molar-refractivity contribution in [3.05, 3.63) is 24.0 Å². The molecule has 0 saturated carbocycles. The molecule has 1 aromatic rings. The highest BCUT2D eigenvalue weighted by atomic mass is 16.2. The number of pyridine rings is 1. The van der Waals surface area contributed by atoms with Gasteiger partial charge in [-0.15, -0.1) is 0 Å². The third-order valence-electron chi connectivity index (χ3n) is 3.29. The summed E-state index contributed by atoms with van der Waals surface area (Å²) in [4.78, 5) is 20.7. The van der Waals surface area contributed by atoms with Gasteiger partial charge < -0.3 is 15.1 Å². The van der Waals surface area contributed by atoms with E-state index in [1.54, 1.807) is 12.3 Å². The lowest BCUT2D eigenvalue weighted by molar-refractivity contribution is 0.0658. The Morgan fingerprint density at radius 3 is 2.35 bits per heavy atom. The van der Waals surface area contributed by atoms with Crippen LogP contribution in [0.15, 0.2) is 18.3 Å². The minimum atomic E-state index is -0.00927. The zero-order valence-electron chi connectivity index (χ0n) is 12.8. The van der Waals surface area contributed by atoms with E-state index >= 15 is 0 Å². The van der Waals surface area contributed by atoms with Gasteiger partial charge in [-0.3, -0.25) is 4.79 Å². The second-order valence-electron chi connectivity index (χ2n) is 6.40. The molecule has 0 bridgehead atoms. The lowest BCUT2D eigenvalue weighted by Gasteiger charge is -2.32. The van der Waals surface area contributed by atoms with Crippen LogP contribution in [0, 0.1) is 0 Å². The van der Waals surface area contributed by atoms with E-state index < -0.39 is 0 Å². The van der Waals surface area contributed by atoms with Crippen LogP contribution in [0.3, 0.4) is 0 Å². The number of hydrogen-bond acceptors (Lipinski definition) is 4. The number of rotatable bonds is 2. The first-order valence-electron chi connectivity index (χ1n) is 7.07. The van der Waals surface area contributed by atoms with Crippen LogP contribution < -0.4 is 5.32 Å². The Bertz CT molecular complexity index is 456. The Labute approximate surface area is 121 Å². The van der Waals surface area contributed by atoms with E-state index in [1.165, 1.54) is 0 Å². The molecule has 0 spiro atoms. The summed E-state index contributed by atoms with van der Waals surface area (Å²) in [6.07, 6.45) is 1.73. The molecule has 1 N–H and O–H groups in total. The molecule has 0 unspecified atom stereocenters. The second-order valence-corrected chi connectivity index (χ2v) is 6.40. The van der Waals surface area contributed by atoms with Crippen molar-refractivity contribution in [2.45, 2.75) is 26.3 Å². The van der Waals surface area contributed by atoms with E-state index in [-0.39, 0.29) is 11.4 Å². The Kier molecular flexibility index (Phi) is 4.28. The van der Waals surface area contributed by atoms with E-state index in [0.717, 1.165) is 31.9 Å². The molecule has 1 fully saturated rings. The number of hydrogen-bond donors (Lipinski definition) is 1. The van der Waals surface area contributed by atoms with Crippen LogP contribution in [0.5, 0.6) is 0 Å². The van der Waals surface area contributed by atoms with Crippen molar-refractivity contribution < 1.29 is 4.79 Å². The predicted octanol–water partition coefficient (Wildman–Crippen LogP) is 1.68. The molecule has 110 valence electrons. The van der Waals surface area contributed by atoms with Crippen molar-refractivity contribution in [3.8, 4) is 0 Å². The third-order valence-corrected chi connectivity index (χ3v) is 3.29. The number of carbonyl (C=O) groups is 1. The number of nitrogens with zero attached hydrogens (tertiary/aromatic N) is 3. The first kappa shape index (κ1) is 14.8. The van der Waals surface area contributed by atoms with E-state index in [0.29, 0.717) is 5.69 Å². The number of piperazine rings is 1. The Hall–Kier alpha value is -1.62. The highest BCUT2D eigenvalue weighted by molar-refractivity contribution is 5.92. The molecule has 5 heteroatoms. The summed E-state index contributed by atoms with van der Waals surface area (Å²) in [6, 6.07) is 3.72. The molecule has 5 nitrogen and oxygen atoms in total. The van der Waals surface area contributed by atoms with Crippen molar-refractivity contribution in [1.29, 1.82) is 0 Å². The fourth-order valence-electron chi connectivity index (χ4n) is 2.20. The Morgan fingerprint density at radius 1 is 1.20 bits per heavy atom. The summed E-state index contributed by atoms with van der Waals surface area (Å²) in [7, 11) is 2.08. The zero-order valence-corrected chi connectivity index (χ0v) is 12.8. The van der Waals surface area contributed by atoms with Crippen molar-refractivity contribution >= 4 is 11.6 Å². The van der Waals surface area contributed by atoms with Gasteiger partial charge in [-0.2, -0.15) is 0 Å². The molecule has 2 rings (SSSR count). The van der Waals surface area contributed by atoms with Crippen LogP contribution in [0.1, 0.15) is 31.3 Å². The van der Waals surface area contributed by atoms with Crippen LogP contribution in [-0.2, 0) is 0 Å². The minimum Gasteiger partial charge on any atom is -0.379 e. The Morgan fingerprint density at radius 2 is 1.85 bits per heavy atom. The molecule has 2 heterocycles. The van der Waals surface area contributed by atoms with Crippen molar-refractivity contribution in [2.24, 2.45) is 0 Å². The average Bonchev–Trinajstić information content (AvgIpc) is 2.38. The first-order chi connectivity index (χ1) is 9.35. The Balaban J connectivity index is 2.00. The fourth-order valence-corrected chi connectivity index (χ4v) is 2.20. The molecule has 1 saturated heterocycles. The molecule has 0 atom stereocenters. The number of amides is 1. The van der Waals surface area contributed by atoms with Gasteiger partial charge in [-0.1, -0.05) is 0 Å². The summed E-state index contributed by atoms with van der Waals surface area (Å²) in [6.45, 7) is 9.69. The minimum absolute atomic E-state index is 0.00927. The lowest BCUT2D eigenvalue weighted by atomic mass is 10.1. The highest BCUT2D eigenvalue weighted by Gasteiger charge is 2.21. The van der Waals surface area contributed by atoms with Gasteiger partial charge in [0.2, 0.25) is 0 Å². The summed E-state index contributed by atoms with van der Waals surface area (Å²) in [5.41, 5.74) is 1.45. The smallest absolute Gasteiger partial charge is 0.272 e. The third kappa shape index (κ3) is 3.93. The molecule has 1 aliphatic heterocycles. The van der Waals surface area contributed by atoms with Gasteiger partial charge in [-0.05, 0) is 40.0 Å². The molecule has 0 radical (unpaired) electrons. The molecule has 1 aliphatic rings. The molecule has 0 aliphatic carbocycles. The maximum atomic E-state index is 12.3. The van der Waals surface area contributed by atoms with Gasteiger partial charge in [0.25, 0.3) is 5.91 Å². The fraction of sp³-hybridized carbons (Fsp3) is 0.600. The maximum absolute atomic E-state index is 12.3. The number of carbonyl (C=O) groups excluding carboxylic acids is 1. The zero-order chi connectivity index (χ0) is 14.8. The van der Waals surface area contributed by atoms with Gasteiger partial charge >= 0.3 is 0 Å². The van der Waals surface area contributed by atoms with Crippen LogP contribution in [0.4, 0.5) is 5.69 Å². The molecule has 1 aromatic heterocycles. The summed E-state index contributed by atoms with van der Waals surface area (Å²) < 4.78 is 0. The molecule has 0 aromatic carbocycles. The van der Waals surface area contributed by atoms with Gasteiger partial charge in [-0.25, -0.2) is 4.98 Å². The predicted molar refractivity (Wildman–Crippen MR) is 81.0 cm³/mol. The monoisotopic (exact) mass is 276 g/mol.